The van der Waals surface area contributed by atoms with E-state index in [1.807, 2.05) is 30.3 Å². The number of rotatable bonds is 7. The van der Waals surface area contributed by atoms with E-state index in [4.69, 9.17) is 4.74 Å². The molecule has 0 radical (unpaired) electrons. The summed E-state index contributed by atoms with van der Waals surface area (Å²) in [6, 6.07) is 9.72. The van der Waals surface area contributed by atoms with Gasteiger partial charge in [-0.05, 0) is 17.9 Å². The summed E-state index contributed by atoms with van der Waals surface area (Å²) in [6.07, 6.45) is 3.85. The van der Waals surface area contributed by atoms with Gasteiger partial charge in [-0.25, -0.2) is 9.69 Å². The number of benzene rings is 1. The van der Waals surface area contributed by atoms with E-state index in [1.54, 1.807) is 0 Å². The highest BCUT2D eigenvalue weighted by molar-refractivity contribution is 5.93. The Labute approximate surface area is 132 Å². The Hall–Kier alpha value is -1.84. The van der Waals surface area contributed by atoms with Gasteiger partial charge in [0, 0.05) is 6.42 Å². The Morgan fingerprint density at radius 2 is 2.09 bits per heavy atom. The fourth-order valence-corrected chi connectivity index (χ4v) is 2.85. The van der Waals surface area contributed by atoms with E-state index >= 15 is 0 Å². The van der Waals surface area contributed by atoms with Crippen molar-refractivity contribution < 1.29 is 14.3 Å². The lowest BCUT2D eigenvalue weighted by molar-refractivity contribution is -0.130. The van der Waals surface area contributed by atoms with E-state index in [-0.39, 0.29) is 11.9 Å². The number of hydrogen-bond donors (Lipinski definition) is 0. The molecule has 0 N–H and O–H groups in total. The number of cyclic esters (lactones) is 1. The van der Waals surface area contributed by atoms with Crippen LogP contribution in [0.25, 0.3) is 0 Å². The summed E-state index contributed by atoms with van der Waals surface area (Å²) < 4.78 is 5.10. The van der Waals surface area contributed by atoms with Gasteiger partial charge in [0.15, 0.2) is 0 Å². The number of carbonyl (C=O) groups excluding carboxylic acids is 2. The van der Waals surface area contributed by atoms with Crippen molar-refractivity contribution in [3.05, 3.63) is 35.9 Å². The van der Waals surface area contributed by atoms with Gasteiger partial charge in [0.25, 0.3) is 0 Å². The van der Waals surface area contributed by atoms with Gasteiger partial charge >= 0.3 is 6.09 Å². The van der Waals surface area contributed by atoms with Crippen LogP contribution >= 0.6 is 0 Å². The maximum absolute atomic E-state index is 12.5. The Kier molecular flexibility index (Phi) is 5.99. The van der Waals surface area contributed by atoms with Crippen molar-refractivity contribution in [3.63, 3.8) is 0 Å². The van der Waals surface area contributed by atoms with Crippen LogP contribution in [0.2, 0.25) is 0 Å². The van der Waals surface area contributed by atoms with Crippen LogP contribution in [0.4, 0.5) is 4.79 Å². The highest BCUT2D eigenvalue weighted by atomic mass is 16.6. The molecule has 1 aliphatic rings. The summed E-state index contributed by atoms with van der Waals surface area (Å²) in [5.41, 5.74) is 1.11. The summed E-state index contributed by atoms with van der Waals surface area (Å²) in [5.74, 6) is 0.199. The molecule has 120 valence electrons. The molecule has 2 amide bonds. The average molecular weight is 303 g/mol. The Bertz CT molecular complexity index is 500. The van der Waals surface area contributed by atoms with Crippen LogP contribution in [0.1, 0.15) is 45.1 Å². The van der Waals surface area contributed by atoms with Gasteiger partial charge in [0.2, 0.25) is 5.91 Å². The molecule has 2 atom stereocenters. The lowest BCUT2D eigenvalue weighted by Gasteiger charge is -2.21. The first-order valence-corrected chi connectivity index (χ1v) is 8.14. The fraction of sp³-hybridized carbons (Fsp3) is 0.556. The van der Waals surface area contributed by atoms with Crippen molar-refractivity contribution in [1.82, 2.24) is 4.90 Å². The largest absolute Gasteiger partial charge is 0.447 e. The second kappa shape index (κ2) is 7.97. The topological polar surface area (TPSA) is 46.6 Å². The van der Waals surface area contributed by atoms with E-state index in [0.29, 0.717) is 25.4 Å². The van der Waals surface area contributed by atoms with Gasteiger partial charge in [-0.1, -0.05) is 63.4 Å². The number of hydrogen-bond acceptors (Lipinski definition) is 3. The zero-order valence-electron chi connectivity index (χ0n) is 13.5. The second-order valence-corrected chi connectivity index (χ2v) is 6.14. The van der Waals surface area contributed by atoms with Gasteiger partial charge in [-0.2, -0.15) is 0 Å². The molecule has 2 rings (SSSR count). The Morgan fingerprint density at radius 1 is 1.36 bits per heavy atom. The molecular formula is C18H25NO3. The predicted octanol–water partition coefficient (Wildman–Crippen LogP) is 3.79. The minimum Gasteiger partial charge on any atom is -0.447 e. The van der Waals surface area contributed by atoms with Crippen molar-refractivity contribution >= 4 is 12.0 Å². The molecule has 1 fully saturated rings. The van der Waals surface area contributed by atoms with Gasteiger partial charge in [-0.15, -0.1) is 0 Å². The summed E-state index contributed by atoms with van der Waals surface area (Å²) in [4.78, 5) is 25.7. The molecular weight excluding hydrogens is 278 g/mol. The molecule has 1 aliphatic heterocycles. The quantitative estimate of drug-likeness (QED) is 0.770. The first-order chi connectivity index (χ1) is 10.6. The lowest BCUT2D eigenvalue weighted by Crippen LogP contribution is -2.40. The van der Waals surface area contributed by atoms with E-state index in [0.717, 1.165) is 24.8 Å². The average Bonchev–Trinajstić information content (AvgIpc) is 2.87. The zero-order valence-corrected chi connectivity index (χ0v) is 13.5. The van der Waals surface area contributed by atoms with Crippen molar-refractivity contribution in [1.29, 1.82) is 0 Å². The summed E-state index contributed by atoms with van der Waals surface area (Å²) in [7, 11) is 0. The summed E-state index contributed by atoms with van der Waals surface area (Å²) in [6.45, 7) is 4.51. The third-order valence-corrected chi connectivity index (χ3v) is 4.12. The van der Waals surface area contributed by atoms with Crippen molar-refractivity contribution in [2.75, 3.05) is 6.61 Å². The van der Waals surface area contributed by atoms with Crippen LogP contribution in [0.5, 0.6) is 0 Å². The first-order valence-electron chi connectivity index (χ1n) is 8.14. The van der Waals surface area contributed by atoms with E-state index in [1.165, 1.54) is 4.90 Å². The van der Waals surface area contributed by atoms with Gasteiger partial charge in [-0.3, -0.25) is 4.79 Å². The van der Waals surface area contributed by atoms with Crippen LogP contribution in [-0.4, -0.2) is 29.5 Å². The second-order valence-electron chi connectivity index (χ2n) is 6.14. The molecule has 0 saturated carbocycles. The molecule has 0 unspecified atom stereocenters. The minimum atomic E-state index is -0.492. The monoisotopic (exact) mass is 303 g/mol. The Balaban J connectivity index is 1.96. The van der Waals surface area contributed by atoms with Crippen LogP contribution in [0.3, 0.4) is 0 Å². The third-order valence-electron chi connectivity index (χ3n) is 4.12. The molecule has 1 aromatic carbocycles. The van der Waals surface area contributed by atoms with E-state index in [2.05, 4.69) is 13.8 Å². The molecule has 0 aliphatic carbocycles. The van der Waals surface area contributed by atoms with Crippen LogP contribution in [0.15, 0.2) is 30.3 Å². The van der Waals surface area contributed by atoms with E-state index < -0.39 is 6.09 Å². The summed E-state index contributed by atoms with van der Waals surface area (Å²) >= 11 is 0. The van der Waals surface area contributed by atoms with Crippen LogP contribution < -0.4 is 0 Å². The van der Waals surface area contributed by atoms with Crippen molar-refractivity contribution in [2.45, 2.75) is 52.0 Å². The predicted molar refractivity (Wildman–Crippen MR) is 85.4 cm³/mol. The van der Waals surface area contributed by atoms with Gasteiger partial charge < -0.3 is 4.74 Å². The molecule has 1 saturated heterocycles. The molecule has 0 bridgehead atoms. The standard InChI is InChI=1S/C18H25NO3/c1-3-4-8-14(2)11-17(20)19-16(13-22-18(19)21)12-15-9-6-5-7-10-15/h5-7,9-10,14,16H,3-4,8,11-13H2,1-2H3/t14-,16+/m1/s1. The first kappa shape index (κ1) is 16.5. The Morgan fingerprint density at radius 3 is 2.77 bits per heavy atom. The number of unbranched alkanes of at least 4 members (excludes halogenated alkanes) is 1. The molecule has 4 nitrogen and oxygen atoms in total. The van der Waals surface area contributed by atoms with Gasteiger partial charge in [0.05, 0.1) is 6.04 Å². The van der Waals surface area contributed by atoms with Crippen LogP contribution in [-0.2, 0) is 16.0 Å². The molecule has 4 heteroatoms. The number of amides is 2. The normalized spacial score (nSPS) is 19.1. The number of ether oxygens (including phenoxy) is 1. The number of nitrogens with zero attached hydrogens (tertiary/aromatic N) is 1. The SMILES string of the molecule is CCCC[C@@H](C)CC(=O)N1C(=O)OC[C@@H]1Cc1ccccc1. The van der Waals surface area contributed by atoms with Crippen LogP contribution in [0, 0.1) is 5.92 Å². The van der Waals surface area contributed by atoms with Gasteiger partial charge in [0.1, 0.15) is 6.61 Å². The zero-order chi connectivity index (χ0) is 15.9. The molecule has 1 aromatic rings. The maximum Gasteiger partial charge on any atom is 0.416 e. The highest BCUT2D eigenvalue weighted by Gasteiger charge is 2.37. The highest BCUT2D eigenvalue weighted by Crippen LogP contribution is 2.21. The minimum absolute atomic E-state index is 0.105. The maximum atomic E-state index is 12.5. The number of imide groups is 1. The van der Waals surface area contributed by atoms with Crippen molar-refractivity contribution in [3.8, 4) is 0 Å². The molecule has 0 aromatic heterocycles. The van der Waals surface area contributed by atoms with E-state index in [9.17, 15) is 9.59 Å². The molecule has 22 heavy (non-hydrogen) atoms. The fourth-order valence-electron chi connectivity index (χ4n) is 2.85. The van der Waals surface area contributed by atoms with Crippen molar-refractivity contribution in [2.24, 2.45) is 5.92 Å². The lowest BCUT2D eigenvalue weighted by atomic mass is 9.99. The number of carbonyl (C=O) groups is 2. The smallest absolute Gasteiger partial charge is 0.416 e. The third kappa shape index (κ3) is 4.33. The molecule has 1 heterocycles. The molecule has 0 spiro atoms. The summed E-state index contributed by atoms with van der Waals surface area (Å²) in [5, 5.41) is 0.